The first-order valence-electron chi connectivity index (χ1n) is 4.13. The molecule has 2 nitrogen and oxygen atoms in total. The van der Waals surface area contributed by atoms with E-state index in [9.17, 15) is 4.21 Å². The summed E-state index contributed by atoms with van der Waals surface area (Å²) in [6, 6.07) is 1.79. The zero-order valence-corrected chi connectivity index (χ0v) is 9.16. The number of rotatable bonds is 1. The third-order valence-corrected chi connectivity index (χ3v) is 3.42. The van der Waals surface area contributed by atoms with Gasteiger partial charge in [0.1, 0.15) is 0 Å². The van der Waals surface area contributed by atoms with Crippen molar-refractivity contribution in [3.8, 4) is 0 Å². The van der Waals surface area contributed by atoms with Crippen molar-refractivity contribution in [3.05, 3.63) is 28.3 Å². The van der Waals surface area contributed by atoms with Crippen LogP contribution in [0.4, 0.5) is 0 Å². The molecule has 1 rings (SSSR count). The molecule has 0 bridgehead atoms. The molecule has 4 heteroatoms. The Labute approximate surface area is 110 Å². The van der Waals surface area contributed by atoms with Crippen molar-refractivity contribution in [3.63, 3.8) is 0 Å². The molecule has 1 aromatic carbocycles. The van der Waals surface area contributed by atoms with E-state index in [1.165, 1.54) is 5.56 Å². The van der Waals surface area contributed by atoms with E-state index in [4.69, 9.17) is 4.55 Å². The van der Waals surface area contributed by atoms with Gasteiger partial charge in [-0.25, -0.2) is 4.21 Å². The molecule has 74 valence electrons. The van der Waals surface area contributed by atoms with Gasteiger partial charge in [-0.3, -0.25) is 0 Å². The van der Waals surface area contributed by atoms with E-state index in [1.54, 1.807) is 6.07 Å². The van der Waals surface area contributed by atoms with E-state index in [0.717, 1.165) is 16.7 Å². The van der Waals surface area contributed by atoms with Crippen molar-refractivity contribution in [1.29, 1.82) is 0 Å². The molecule has 0 radical (unpaired) electrons. The standard InChI is InChI=1S/C10H14O2S.Na.H/c1-6-5-10(13(11)12)9(4)8(3)7(6)2;;/h5H,1-4H3,(H,11,12);;. The van der Waals surface area contributed by atoms with Crippen LogP contribution in [0.5, 0.6) is 0 Å². The first-order valence-corrected chi connectivity index (χ1v) is 5.24. The van der Waals surface area contributed by atoms with Gasteiger partial charge in [0.15, 0.2) is 11.1 Å². The molecule has 14 heavy (non-hydrogen) atoms. The molecule has 0 aliphatic heterocycles. The molecule has 0 aliphatic rings. The average molecular weight is 222 g/mol. The third-order valence-electron chi connectivity index (χ3n) is 2.62. The summed E-state index contributed by atoms with van der Waals surface area (Å²) in [6.07, 6.45) is 0. The van der Waals surface area contributed by atoms with E-state index in [-0.39, 0.29) is 29.6 Å². The molecule has 1 unspecified atom stereocenters. The van der Waals surface area contributed by atoms with E-state index in [0.29, 0.717) is 4.90 Å². The molecule has 0 spiro atoms. The predicted molar refractivity (Wildman–Crippen MR) is 61.6 cm³/mol. The SMILES string of the molecule is Cc1cc(S(=O)O)c(C)c(C)c1C.[NaH]. The Morgan fingerprint density at radius 2 is 1.57 bits per heavy atom. The Morgan fingerprint density at radius 1 is 1.07 bits per heavy atom. The van der Waals surface area contributed by atoms with Gasteiger partial charge in [0.2, 0.25) is 0 Å². The second-order valence-electron chi connectivity index (χ2n) is 3.32. The van der Waals surface area contributed by atoms with Gasteiger partial charge in [-0.15, -0.1) is 0 Å². The summed E-state index contributed by atoms with van der Waals surface area (Å²) in [5.41, 5.74) is 4.30. The van der Waals surface area contributed by atoms with Crippen LogP contribution in [0.3, 0.4) is 0 Å². The zero-order chi connectivity index (χ0) is 10.2. The summed E-state index contributed by atoms with van der Waals surface area (Å²) in [5.74, 6) is 0. The zero-order valence-electron chi connectivity index (χ0n) is 8.34. The van der Waals surface area contributed by atoms with Gasteiger partial charge in [0.25, 0.3) is 0 Å². The van der Waals surface area contributed by atoms with Gasteiger partial charge in [-0.2, -0.15) is 0 Å². The molecular formula is C10H15NaO2S. The van der Waals surface area contributed by atoms with Crippen LogP contribution < -0.4 is 0 Å². The Balaban J connectivity index is 0.00000169. The topological polar surface area (TPSA) is 37.3 Å². The molecular weight excluding hydrogens is 207 g/mol. The summed E-state index contributed by atoms with van der Waals surface area (Å²) in [6.45, 7) is 7.85. The van der Waals surface area contributed by atoms with Gasteiger partial charge in [-0.1, -0.05) is 0 Å². The van der Waals surface area contributed by atoms with Crippen LogP contribution in [-0.4, -0.2) is 38.3 Å². The number of benzene rings is 1. The van der Waals surface area contributed by atoms with Crippen LogP contribution in [0.2, 0.25) is 0 Å². The first kappa shape index (κ1) is 14.3. The molecule has 0 aromatic heterocycles. The molecule has 0 saturated heterocycles. The Kier molecular flexibility index (Phi) is 5.55. The fourth-order valence-corrected chi connectivity index (χ4v) is 2.05. The van der Waals surface area contributed by atoms with Crippen LogP contribution in [0.25, 0.3) is 0 Å². The summed E-state index contributed by atoms with van der Waals surface area (Å²) >= 11 is -1.87. The second-order valence-corrected chi connectivity index (χ2v) is 4.25. The fourth-order valence-electron chi connectivity index (χ4n) is 1.36. The molecule has 0 heterocycles. The van der Waals surface area contributed by atoms with Gasteiger partial charge < -0.3 is 4.55 Å². The van der Waals surface area contributed by atoms with E-state index >= 15 is 0 Å². The van der Waals surface area contributed by atoms with Crippen molar-refractivity contribution < 1.29 is 8.76 Å². The van der Waals surface area contributed by atoms with Crippen molar-refractivity contribution in [1.82, 2.24) is 0 Å². The minimum atomic E-state index is -1.87. The summed E-state index contributed by atoms with van der Waals surface area (Å²) in [4.78, 5) is 0.528. The summed E-state index contributed by atoms with van der Waals surface area (Å²) in [7, 11) is 0. The van der Waals surface area contributed by atoms with E-state index in [1.807, 2.05) is 27.7 Å². The van der Waals surface area contributed by atoms with Crippen LogP contribution >= 0.6 is 0 Å². The average Bonchev–Trinajstić information content (AvgIpc) is 2.07. The molecule has 1 atom stereocenters. The van der Waals surface area contributed by atoms with Crippen LogP contribution in [-0.2, 0) is 11.1 Å². The number of aryl methyl sites for hydroxylation is 1. The number of hydrogen-bond donors (Lipinski definition) is 1. The molecule has 1 aromatic rings. The second kappa shape index (κ2) is 5.42. The monoisotopic (exact) mass is 222 g/mol. The van der Waals surface area contributed by atoms with E-state index < -0.39 is 11.1 Å². The Hall–Kier alpha value is 0.330. The molecule has 0 amide bonds. The quantitative estimate of drug-likeness (QED) is 0.581. The fraction of sp³-hybridized carbons (Fsp3) is 0.400. The summed E-state index contributed by atoms with van der Waals surface area (Å²) in [5, 5.41) is 0. The predicted octanol–water partition coefficient (Wildman–Crippen LogP) is 1.85. The number of hydrogen-bond acceptors (Lipinski definition) is 1. The van der Waals surface area contributed by atoms with Crippen molar-refractivity contribution >= 4 is 40.6 Å². The van der Waals surface area contributed by atoms with Gasteiger partial charge in [0, 0.05) is 0 Å². The van der Waals surface area contributed by atoms with Crippen LogP contribution in [0, 0.1) is 27.7 Å². The molecule has 0 fully saturated rings. The maximum atomic E-state index is 10.9. The van der Waals surface area contributed by atoms with Crippen molar-refractivity contribution in [2.75, 3.05) is 0 Å². The van der Waals surface area contributed by atoms with Gasteiger partial charge >= 0.3 is 29.6 Å². The van der Waals surface area contributed by atoms with Gasteiger partial charge in [-0.05, 0) is 56.0 Å². The van der Waals surface area contributed by atoms with Crippen LogP contribution in [0.15, 0.2) is 11.0 Å². The maximum absolute atomic E-state index is 10.9. The molecule has 0 aliphatic carbocycles. The molecule has 0 saturated carbocycles. The Bertz CT molecular complexity index is 375. The first-order chi connectivity index (χ1) is 5.95. The molecule has 1 N–H and O–H groups in total. The van der Waals surface area contributed by atoms with Crippen LogP contribution in [0.1, 0.15) is 22.3 Å². The summed E-state index contributed by atoms with van der Waals surface area (Å²) < 4.78 is 20.0. The van der Waals surface area contributed by atoms with Gasteiger partial charge in [0.05, 0.1) is 4.90 Å². The minimum absolute atomic E-state index is 0. The van der Waals surface area contributed by atoms with Crippen molar-refractivity contribution in [2.45, 2.75) is 32.6 Å². The van der Waals surface area contributed by atoms with Crippen molar-refractivity contribution in [2.24, 2.45) is 0 Å². The third kappa shape index (κ3) is 2.67. The van der Waals surface area contributed by atoms with E-state index in [2.05, 4.69) is 0 Å². The normalized spacial score (nSPS) is 12.1. The Morgan fingerprint density at radius 3 is 2.00 bits per heavy atom.